The van der Waals surface area contributed by atoms with Gasteiger partial charge in [-0.1, -0.05) is 12.5 Å². The van der Waals surface area contributed by atoms with Gasteiger partial charge in [0.2, 0.25) is 0 Å². The van der Waals surface area contributed by atoms with Gasteiger partial charge >= 0.3 is 0 Å². The third-order valence-corrected chi connectivity index (χ3v) is 3.76. The van der Waals surface area contributed by atoms with E-state index in [0.717, 1.165) is 53.6 Å². The van der Waals surface area contributed by atoms with Crippen LogP contribution in [0.1, 0.15) is 30.5 Å². The fourth-order valence-electron chi connectivity index (χ4n) is 2.80. The lowest BCUT2D eigenvalue weighted by Gasteiger charge is -2.10. The van der Waals surface area contributed by atoms with Gasteiger partial charge in [0.05, 0.1) is 12.6 Å². The maximum atomic E-state index is 12.5. The Morgan fingerprint density at radius 2 is 2.00 bits per heavy atom. The van der Waals surface area contributed by atoms with E-state index in [2.05, 4.69) is 4.98 Å². The average molecular weight is 243 g/mol. The largest absolute Gasteiger partial charge is 0.495 e. The van der Waals surface area contributed by atoms with E-state index >= 15 is 0 Å². The Morgan fingerprint density at radius 1 is 1.17 bits per heavy atom. The van der Waals surface area contributed by atoms with Crippen molar-refractivity contribution in [1.29, 1.82) is 0 Å². The van der Waals surface area contributed by atoms with E-state index < -0.39 is 0 Å². The van der Waals surface area contributed by atoms with Crippen LogP contribution in [-0.4, -0.2) is 12.1 Å². The number of rotatable bonds is 1. The van der Waals surface area contributed by atoms with Crippen molar-refractivity contribution in [2.75, 3.05) is 7.11 Å². The number of para-hydroxylation sites is 1. The minimum absolute atomic E-state index is 0.180. The lowest BCUT2D eigenvalue weighted by molar-refractivity contribution is 0.418. The lowest BCUT2D eigenvalue weighted by atomic mass is 10.0. The molecular weight excluding hydrogens is 226 g/mol. The van der Waals surface area contributed by atoms with Gasteiger partial charge in [0.1, 0.15) is 5.75 Å². The Hall–Kier alpha value is -1.77. The molecule has 0 atom stereocenters. The highest BCUT2D eigenvalue weighted by molar-refractivity contribution is 5.85. The summed E-state index contributed by atoms with van der Waals surface area (Å²) in [6.45, 7) is 0. The van der Waals surface area contributed by atoms with Crippen LogP contribution in [0.25, 0.3) is 10.9 Å². The second kappa shape index (κ2) is 4.48. The van der Waals surface area contributed by atoms with Gasteiger partial charge in [0.25, 0.3) is 0 Å². The number of aryl methyl sites for hydroxylation is 1. The molecule has 1 N–H and O–H groups in total. The zero-order valence-corrected chi connectivity index (χ0v) is 10.6. The van der Waals surface area contributed by atoms with Gasteiger partial charge in [-0.25, -0.2) is 0 Å². The number of fused-ring (bicyclic) bond motifs is 2. The Kier molecular flexibility index (Phi) is 2.82. The first-order valence-electron chi connectivity index (χ1n) is 6.52. The van der Waals surface area contributed by atoms with Gasteiger partial charge < -0.3 is 9.72 Å². The number of aromatic nitrogens is 1. The van der Waals surface area contributed by atoms with Gasteiger partial charge in [-0.2, -0.15) is 0 Å². The second-order valence-corrected chi connectivity index (χ2v) is 4.85. The van der Waals surface area contributed by atoms with Gasteiger partial charge in [-0.05, 0) is 37.8 Å². The molecule has 3 heteroatoms. The van der Waals surface area contributed by atoms with Crippen LogP contribution in [0.15, 0.2) is 23.0 Å². The first-order valence-corrected chi connectivity index (χ1v) is 6.52. The van der Waals surface area contributed by atoms with Crippen LogP contribution in [0.2, 0.25) is 0 Å². The minimum atomic E-state index is 0.180. The number of hydrogen-bond donors (Lipinski definition) is 1. The summed E-state index contributed by atoms with van der Waals surface area (Å²) in [7, 11) is 1.64. The molecule has 1 aromatic heterocycles. The van der Waals surface area contributed by atoms with E-state index in [1.54, 1.807) is 7.11 Å². The summed E-state index contributed by atoms with van der Waals surface area (Å²) in [5.74, 6) is 0.747. The second-order valence-electron chi connectivity index (χ2n) is 4.85. The third-order valence-electron chi connectivity index (χ3n) is 3.76. The normalized spacial score (nSPS) is 15.2. The standard InChI is InChI=1S/C15H17NO2/c1-18-13-9-5-7-11-14(13)16-12-8-4-2-3-6-10(12)15(11)17/h5,7,9H,2-4,6,8H2,1H3,(H,16,17). The molecule has 0 radical (unpaired) electrons. The summed E-state index contributed by atoms with van der Waals surface area (Å²) in [5, 5.41) is 0.745. The van der Waals surface area contributed by atoms with Crippen LogP contribution < -0.4 is 10.2 Å². The average Bonchev–Trinajstić information content (AvgIpc) is 2.64. The summed E-state index contributed by atoms with van der Waals surface area (Å²) < 4.78 is 5.33. The van der Waals surface area contributed by atoms with Crippen LogP contribution in [0.3, 0.4) is 0 Å². The number of ether oxygens (including phenoxy) is 1. The molecule has 0 saturated carbocycles. The van der Waals surface area contributed by atoms with E-state index in [-0.39, 0.29) is 5.43 Å². The van der Waals surface area contributed by atoms with Crippen LogP contribution in [0.5, 0.6) is 5.75 Å². The molecule has 1 aromatic carbocycles. The maximum Gasteiger partial charge on any atom is 0.192 e. The summed E-state index contributed by atoms with van der Waals surface area (Å²) >= 11 is 0. The van der Waals surface area contributed by atoms with Crippen molar-refractivity contribution in [1.82, 2.24) is 4.98 Å². The summed E-state index contributed by atoms with van der Waals surface area (Å²) in [6, 6.07) is 5.64. The molecule has 2 aromatic rings. The number of nitrogens with one attached hydrogen (secondary N) is 1. The Morgan fingerprint density at radius 3 is 2.83 bits per heavy atom. The van der Waals surface area contributed by atoms with E-state index in [1.807, 2.05) is 18.2 Å². The molecule has 1 aliphatic carbocycles. The third kappa shape index (κ3) is 1.70. The predicted molar refractivity (Wildman–Crippen MR) is 72.4 cm³/mol. The highest BCUT2D eigenvalue weighted by Gasteiger charge is 2.15. The van der Waals surface area contributed by atoms with Crippen LogP contribution >= 0.6 is 0 Å². The number of pyridine rings is 1. The number of benzene rings is 1. The van der Waals surface area contributed by atoms with Crippen molar-refractivity contribution in [3.05, 3.63) is 39.7 Å². The molecule has 0 aliphatic heterocycles. The Labute approximate surface area is 106 Å². The van der Waals surface area contributed by atoms with Crippen molar-refractivity contribution in [3.63, 3.8) is 0 Å². The smallest absolute Gasteiger partial charge is 0.192 e. The van der Waals surface area contributed by atoms with Crippen molar-refractivity contribution >= 4 is 10.9 Å². The molecule has 0 amide bonds. The lowest BCUT2D eigenvalue weighted by Crippen LogP contribution is -2.14. The van der Waals surface area contributed by atoms with E-state index in [1.165, 1.54) is 6.42 Å². The van der Waals surface area contributed by atoms with E-state index in [9.17, 15) is 4.79 Å². The molecule has 0 spiro atoms. The van der Waals surface area contributed by atoms with Crippen molar-refractivity contribution in [2.45, 2.75) is 32.1 Å². The summed E-state index contributed by atoms with van der Waals surface area (Å²) in [5.41, 5.74) is 3.10. The number of methoxy groups -OCH3 is 1. The maximum absolute atomic E-state index is 12.5. The molecule has 0 fully saturated rings. The molecule has 94 valence electrons. The zero-order chi connectivity index (χ0) is 12.5. The molecule has 0 bridgehead atoms. The monoisotopic (exact) mass is 243 g/mol. The molecule has 3 nitrogen and oxygen atoms in total. The quantitative estimate of drug-likeness (QED) is 0.782. The summed E-state index contributed by atoms with van der Waals surface area (Å²) in [4.78, 5) is 15.9. The topological polar surface area (TPSA) is 42.1 Å². The number of H-pyrrole nitrogens is 1. The fraction of sp³-hybridized carbons (Fsp3) is 0.400. The Balaban J connectivity index is 2.34. The molecule has 1 heterocycles. The minimum Gasteiger partial charge on any atom is -0.495 e. The highest BCUT2D eigenvalue weighted by Crippen LogP contribution is 2.25. The van der Waals surface area contributed by atoms with Gasteiger partial charge in [-0.15, -0.1) is 0 Å². The molecular formula is C15H17NO2. The van der Waals surface area contributed by atoms with Gasteiger partial charge in [-0.3, -0.25) is 4.79 Å². The molecule has 3 rings (SSSR count). The fourth-order valence-corrected chi connectivity index (χ4v) is 2.80. The summed E-state index contributed by atoms with van der Waals surface area (Å²) in [6.07, 6.45) is 5.35. The van der Waals surface area contributed by atoms with Crippen LogP contribution in [0, 0.1) is 0 Å². The SMILES string of the molecule is COc1cccc2c(=O)c3c([nH]c12)CCCCC3. The highest BCUT2D eigenvalue weighted by atomic mass is 16.5. The van der Waals surface area contributed by atoms with E-state index in [0.29, 0.717) is 0 Å². The first-order chi connectivity index (χ1) is 8.81. The Bertz CT molecular complexity index is 643. The number of hydrogen-bond acceptors (Lipinski definition) is 2. The predicted octanol–water partition coefficient (Wildman–Crippen LogP) is 2.81. The van der Waals surface area contributed by atoms with E-state index in [4.69, 9.17) is 4.74 Å². The molecule has 1 aliphatic rings. The van der Waals surface area contributed by atoms with Gasteiger partial charge in [0, 0.05) is 16.6 Å². The zero-order valence-electron chi connectivity index (χ0n) is 10.6. The molecule has 18 heavy (non-hydrogen) atoms. The van der Waals surface area contributed by atoms with Crippen LogP contribution in [-0.2, 0) is 12.8 Å². The molecule has 0 saturated heterocycles. The van der Waals surface area contributed by atoms with Crippen molar-refractivity contribution in [3.8, 4) is 5.75 Å². The van der Waals surface area contributed by atoms with Crippen molar-refractivity contribution < 1.29 is 4.74 Å². The first kappa shape index (κ1) is 11.3. The molecule has 0 unspecified atom stereocenters. The van der Waals surface area contributed by atoms with Gasteiger partial charge in [0.15, 0.2) is 5.43 Å². The number of aromatic amines is 1. The van der Waals surface area contributed by atoms with Crippen molar-refractivity contribution in [2.24, 2.45) is 0 Å². The van der Waals surface area contributed by atoms with Crippen LogP contribution in [0.4, 0.5) is 0 Å².